The number of fused-ring (bicyclic) bond motifs is 3. The molecule has 1 aliphatic heterocycles. The zero-order valence-corrected chi connectivity index (χ0v) is 7.27. The van der Waals surface area contributed by atoms with Crippen molar-refractivity contribution in [2.75, 3.05) is 0 Å². The molecule has 0 saturated carbocycles. The fraction of sp³-hybridized carbons (Fsp3) is 0.182. The first kappa shape index (κ1) is 6.89. The van der Waals surface area contributed by atoms with Crippen molar-refractivity contribution in [3.8, 4) is 5.69 Å². The van der Waals surface area contributed by atoms with Crippen LogP contribution < -0.4 is 0 Å². The minimum Gasteiger partial charge on any atom is -0.303 e. The molecule has 2 heteroatoms. The van der Waals surface area contributed by atoms with E-state index in [1.807, 2.05) is 12.5 Å². The quantitative estimate of drug-likeness (QED) is 0.591. The Bertz CT molecular complexity index is 443. The lowest BCUT2D eigenvalue weighted by Crippen LogP contribution is -2.09. The molecule has 2 heterocycles. The zero-order valence-electron chi connectivity index (χ0n) is 7.27. The van der Waals surface area contributed by atoms with Gasteiger partial charge < -0.3 is 4.57 Å². The Morgan fingerprint density at radius 2 is 2.08 bits per heavy atom. The molecule has 13 heavy (non-hydrogen) atoms. The molecule has 0 spiro atoms. The van der Waals surface area contributed by atoms with Crippen molar-refractivity contribution in [1.82, 2.24) is 9.55 Å². The number of nitrogens with zero attached hydrogens (tertiary/aromatic N) is 2. The van der Waals surface area contributed by atoms with E-state index >= 15 is 0 Å². The Kier molecular flexibility index (Phi) is 1.30. The Labute approximate surface area is 76.9 Å². The van der Waals surface area contributed by atoms with Gasteiger partial charge in [0.2, 0.25) is 0 Å². The van der Waals surface area contributed by atoms with Crippen molar-refractivity contribution < 1.29 is 0 Å². The van der Waals surface area contributed by atoms with Crippen LogP contribution in [0.5, 0.6) is 0 Å². The highest BCUT2D eigenvalue weighted by atomic mass is 15.1. The van der Waals surface area contributed by atoms with Gasteiger partial charge in [-0.05, 0) is 24.5 Å². The van der Waals surface area contributed by atoms with Crippen molar-refractivity contribution >= 4 is 0 Å². The third kappa shape index (κ3) is 0.917. The van der Waals surface area contributed by atoms with Gasteiger partial charge >= 0.3 is 0 Å². The minimum absolute atomic E-state index is 1.11. The lowest BCUT2D eigenvalue weighted by molar-refractivity contribution is 0.807. The lowest BCUT2D eigenvalue weighted by Gasteiger charge is -2.17. The summed E-state index contributed by atoms with van der Waals surface area (Å²) in [7, 11) is 0. The van der Waals surface area contributed by atoms with E-state index in [9.17, 15) is 0 Å². The highest BCUT2D eigenvalue weighted by Crippen LogP contribution is 2.23. The molecule has 1 aromatic heterocycles. The first-order valence-electron chi connectivity index (χ1n) is 4.54. The fourth-order valence-electron chi connectivity index (χ4n) is 1.94. The molecule has 2 nitrogen and oxygen atoms in total. The molecule has 0 N–H and O–H groups in total. The molecule has 1 aliphatic rings. The highest BCUT2D eigenvalue weighted by Gasteiger charge is 2.13. The molecule has 0 fully saturated rings. The van der Waals surface area contributed by atoms with Crippen LogP contribution in [0.2, 0.25) is 0 Å². The van der Waals surface area contributed by atoms with E-state index < -0.39 is 0 Å². The number of para-hydroxylation sites is 1. The second kappa shape index (κ2) is 2.46. The van der Waals surface area contributed by atoms with Gasteiger partial charge in [0.05, 0.1) is 6.33 Å². The molecule has 0 radical (unpaired) electrons. The number of hydrogen-bond acceptors (Lipinski definition) is 1. The van der Waals surface area contributed by atoms with Crippen LogP contribution in [-0.2, 0) is 12.8 Å². The molecule has 0 amide bonds. The average molecular weight is 170 g/mol. The second-order valence-corrected chi connectivity index (χ2v) is 3.38. The number of aromatic nitrogens is 2. The number of rotatable bonds is 0. The number of benzene rings is 1. The van der Waals surface area contributed by atoms with Crippen LogP contribution in [0, 0.1) is 0 Å². The van der Waals surface area contributed by atoms with Crippen molar-refractivity contribution in [3.05, 3.63) is 48.0 Å². The van der Waals surface area contributed by atoms with E-state index in [0.717, 1.165) is 12.8 Å². The van der Waals surface area contributed by atoms with E-state index in [-0.39, 0.29) is 0 Å². The van der Waals surface area contributed by atoms with E-state index in [2.05, 4.69) is 33.8 Å². The molecular formula is C11H10N2. The van der Waals surface area contributed by atoms with Crippen molar-refractivity contribution in [2.45, 2.75) is 12.8 Å². The van der Waals surface area contributed by atoms with E-state index in [0.29, 0.717) is 0 Å². The van der Waals surface area contributed by atoms with Gasteiger partial charge in [0.15, 0.2) is 0 Å². The van der Waals surface area contributed by atoms with E-state index in [4.69, 9.17) is 0 Å². The van der Waals surface area contributed by atoms with Crippen LogP contribution in [0.1, 0.15) is 11.3 Å². The highest BCUT2D eigenvalue weighted by molar-refractivity contribution is 5.44. The molecule has 64 valence electrons. The van der Waals surface area contributed by atoms with Gasteiger partial charge in [-0.2, -0.15) is 0 Å². The van der Waals surface area contributed by atoms with Crippen LogP contribution >= 0.6 is 0 Å². The SMILES string of the molecule is c1ccc2c(c1)CCc1cncn1-2. The summed E-state index contributed by atoms with van der Waals surface area (Å²) in [5.74, 6) is 0. The first-order valence-corrected chi connectivity index (χ1v) is 4.54. The number of aryl methyl sites for hydroxylation is 2. The van der Waals surface area contributed by atoms with Crippen LogP contribution in [0.25, 0.3) is 5.69 Å². The van der Waals surface area contributed by atoms with Gasteiger partial charge in [-0.25, -0.2) is 4.98 Å². The summed E-state index contributed by atoms with van der Waals surface area (Å²) >= 11 is 0. The molecule has 3 rings (SSSR count). The number of imidazole rings is 1. The Balaban J connectivity index is 2.30. The smallest absolute Gasteiger partial charge is 0.0994 e. The minimum atomic E-state index is 1.11. The van der Waals surface area contributed by atoms with Crippen molar-refractivity contribution in [1.29, 1.82) is 0 Å². The number of hydrogen-bond donors (Lipinski definition) is 0. The normalized spacial score (nSPS) is 13.5. The summed E-state index contributed by atoms with van der Waals surface area (Å²) in [6.45, 7) is 0. The largest absolute Gasteiger partial charge is 0.303 e. The van der Waals surface area contributed by atoms with E-state index in [1.54, 1.807) is 0 Å². The molecule has 0 bridgehead atoms. The van der Waals surface area contributed by atoms with Crippen LogP contribution in [-0.4, -0.2) is 9.55 Å². The topological polar surface area (TPSA) is 17.8 Å². The average Bonchev–Trinajstić information content (AvgIpc) is 2.65. The monoisotopic (exact) mass is 170 g/mol. The summed E-state index contributed by atoms with van der Waals surface area (Å²) in [5, 5.41) is 0. The maximum atomic E-state index is 4.17. The molecule has 0 unspecified atom stereocenters. The Hall–Kier alpha value is -1.57. The summed E-state index contributed by atoms with van der Waals surface area (Å²) in [5.41, 5.74) is 4.04. The van der Waals surface area contributed by atoms with Crippen molar-refractivity contribution in [3.63, 3.8) is 0 Å². The molecule has 1 aromatic carbocycles. The predicted molar refractivity (Wildman–Crippen MR) is 51.0 cm³/mol. The van der Waals surface area contributed by atoms with Gasteiger partial charge in [-0.3, -0.25) is 0 Å². The third-order valence-corrected chi connectivity index (χ3v) is 2.62. The summed E-state index contributed by atoms with van der Waals surface area (Å²) in [6, 6.07) is 8.52. The predicted octanol–water partition coefficient (Wildman–Crippen LogP) is 1.97. The zero-order chi connectivity index (χ0) is 8.67. The lowest BCUT2D eigenvalue weighted by atomic mass is 10.0. The maximum absolute atomic E-state index is 4.17. The van der Waals surface area contributed by atoms with Crippen LogP contribution in [0.3, 0.4) is 0 Å². The summed E-state index contributed by atoms with van der Waals surface area (Å²) < 4.78 is 2.18. The van der Waals surface area contributed by atoms with Gasteiger partial charge in [-0.15, -0.1) is 0 Å². The molecule has 0 atom stereocenters. The maximum Gasteiger partial charge on any atom is 0.0994 e. The summed E-state index contributed by atoms with van der Waals surface area (Å²) in [6.07, 6.45) is 6.10. The van der Waals surface area contributed by atoms with Crippen LogP contribution in [0.15, 0.2) is 36.8 Å². The van der Waals surface area contributed by atoms with Crippen molar-refractivity contribution in [2.24, 2.45) is 0 Å². The van der Waals surface area contributed by atoms with Gasteiger partial charge in [0.1, 0.15) is 0 Å². The van der Waals surface area contributed by atoms with Crippen LogP contribution in [0.4, 0.5) is 0 Å². The van der Waals surface area contributed by atoms with E-state index in [1.165, 1.54) is 16.9 Å². The molecule has 0 saturated heterocycles. The Morgan fingerprint density at radius 1 is 1.15 bits per heavy atom. The second-order valence-electron chi connectivity index (χ2n) is 3.38. The standard InChI is InChI=1S/C11H10N2/c1-2-4-11-9(3-1)5-6-10-7-12-8-13(10)11/h1-4,7-8H,5-6H2. The fourth-order valence-corrected chi connectivity index (χ4v) is 1.94. The van der Waals surface area contributed by atoms with Gasteiger partial charge in [0, 0.05) is 17.6 Å². The summed E-state index contributed by atoms with van der Waals surface area (Å²) in [4.78, 5) is 4.17. The molecular weight excluding hydrogens is 160 g/mol. The molecule has 0 aliphatic carbocycles. The first-order chi connectivity index (χ1) is 6.45. The Morgan fingerprint density at radius 3 is 3.08 bits per heavy atom. The van der Waals surface area contributed by atoms with Gasteiger partial charge in [0.25, 0.3) is 0 Å². The van der Waals surface area contributed by atoms with Gasteiger partial charge in [-0.1, -0.05) is 18.2 Å². The molecule has 2 aromatic rings. The third-order valence-electron chi connectivity index (χ3n) is 2.62.